The molecule has 0 spiro atoms. The minimum atomic E-state index is -0.175. The van der Waals surface area contributed by atoms with Crippen molar-refractivity contribution in [2.75, 3.05) is 6.54 Å². The van der Waals surface area contributed by atoms with E-state index in [1.165, 1.54) is 0 Å². The Morgan fingerprint density at radius 1 is 1.28 bits per heavy atom. The molecule has 0 aliphatic rings. The molecule has 2 heterocycles. The lowest BCUT2D eigenvalue weighted by molar-refractivity contribution is 0.0944. The Morgan fingerprint density at radius 2 is 2.12 bits per heavy atom. The van der Waals surface area contributed by atoms with Gasteiger partial charge < -0.3 is 9.73 Å². The van der Waals surface area contributed by atoms with E-state index in [2.05, 4.69) is 24.3 Å². The zero-order chi connectivity index (χ0) is 17.8. The molecule has 0 atom stereocenters. The van der Waals surface area contributed by atoms with Gasteiger partial charge in [-0.2, -0.15) is 5.10 Å². The third kappa shape index (κ3) is 4.12. The van der Waals surface area contributed by atoms with Gasteiger partial charge in [0, 0.05) is 17.6 Å². The Morgan fingerprint density at radius 3 is 2.80 bits per heavy atom. The van der Waals surface area contributed by atoms with Crippen LogP contribution in [0.2, 0.25) is 5.02 Å². The van der Waals surface area contributed by atoms with Crippen molar-refractivity contribution in [3.05, 3.63) is 59.4 Å². The van der Waals surface area contributed by atoms with Gasteiger partial charge >= 0.3 is 0 Å². The number of nitrogens with zero attached hydrogens (tertiary/aromatic N) is 2. The van der Waals surface area contributed by atoms with Crippen LogP contribution >= 0.6 is 11.6 Å². The van der Waals surface area contributed by atoms with Crippen molar-refractivity contribution in [3.63, 3.8) is 0 Å². The van der Waals surface area contributed by atoms with Crippen LogP contribution in [-0.2, 0) is 0 Å². The summed E-state index contributed by atoms with van der Waals surface area (Å²) in [6.07, 6.45) is 2.50. The van der Waals surface area contributed by atoms with E-state index in [0.29, 0.717) is 34.6 Å². The number of aromatic nitrogens is 2. The van der Waals surface area contributed by atoms with Gasteiger partial charge in [0.1, 0.15) is 11.4 Å². The lowest BCUT2D eigenvalue weighted by Gasteiger charge is -2.09. The Hall–Kier alpha value is -2.53. The number of carbonyl (C=O) groups is 1. The van der Waals surface area contributed by atoms with Crippen molar-refractivity contribution in [1.82, 2.24) is 15.1 Å². The molecule has 0 unspecified atom stereocenters. The first-order chi connectivity index (χ1) is 12.0. The number of hydrogen-bond acceptors (Lipinski definition) is 3. The molecule has 5 nitrogen and oxygen atoms in total. The summed E-state index contributed by atoms with van der Waals surface area (Å²) in [7, 11) is 0. The summed E-state index contributed by atoms with van der Waals surface area (Å²) >= 11 is 6.09. The molecule has 25 heavy (non-hydrogen) atoms. The average Bonchev–Trinajstić information content (AvgIpc) is 3.24. The lowest BCUT2D eigenvalue weighted by Crippen LogP contribution is -2.27. The van der Waals surface area contributed by atoms with Crippen LogP contribution in [0.4, 0.5) is 0 Å². The second-order valence-electron chi connectivity index (χ2n) is 6.22. The van der Waals surface area contributed by atoms with Crippen molar-refractivity contribution in [2.24, 2.45) is 5.92 Å². The Bertz CT molecular complexity index is 853. The standard InChI is InChI=1S/C19H20ClN3O2/c1-13(2)8-9-21-19(24)17-12-16(18-7-4-10-25-18)22-23(17)15-6-3-5-14(20)11-15/h3-7,10-13H,8-9H2,1-2H3,(H,21,24). The quantitative estimate of drug-likeness (QED) is 0.703. The SMILES string of the molecule is CC(C)CCNC(=O)c1cc(-c2ccco2)nn1-c1cccc(Cl)c1. The van der Waals surface area contributed by atoms with Crippen LogP contribution in [0.1, 0.15) is 30.8 Å². The molecule has 0 fully saturated rings. The summed E-state index contributed by atoms with van der Waals surface area (Å²) in [5.41, 5.74) is 1.76. The number of furan rings is 1. The van der Waals surface area contributed by atoms with Crippen LogP contribution in [0.15, 0.2) is 53.1 Å². The number of amides is 1. The molecule has 0 aliphatic carbocycles. The van der Waals surface area contributed by atoms with Crippen molar-refractivity contribution < 1.29 is 9.21 Å². The van der Waals surface area contributed by atoms with Crippen LogP contribution in [0.25, 0.3) is 17.1 Å². The molecular weight excluding hydrogens is 338 g/mol. The molecule has 2 aromatic heterocycles. The van der Waals surface area contributed by atoms with E-state index < -0.39 is 0 Å². The topological polar surface area (TPSA) is 60.1 Å². The van der Waals surface area contributed by atoms with E-state index in [4.69, 9.17) is 16.0 Å². The highest BCUT2D eigenvalue weighted by molar-refractivity contribution is 6.30. The Balaban J connectivity index is 1.96. The van der Waals surface area contributed by atoms with E-state index in [-0.39, 0.29) is 5.91 Å². The van der Waals surface area contributed by atoms with Crippen molar-refractivity contribution in [3.8, 4) is 17.1 Å². The molecule has 0 bridgehead atoms. The highest BCUT2D eigenvalue weighted by Crippen LogP contribution is 2.23. The van der Waals surface area contributed by atoms with Gasteiger partial charge in [0.25, 0.3) is 5.91 Å². The molecule has 1 aromatic carbocycles. The molecule has 3 rings (SSSR count). The van der Waals surface area contributed by atoms with Crippen LogP contribution in [0.3, 0.4) is 0 Å². The number of halogens is 1. The fourth-order valence-electron chi connectivity index (χ4n) is 2.46. The van der Waals surface area contributed by atoms with Crippen molar-refractivity contribution in [1.29, 1.82) is 0 Å². The largest absolute Gasteiger partial charge is 0.463 e. The summed E-state index contributed by atoms with van der Waals surface area (Å²) < 4.78 is 7.00. The molecule has 0 radical (unpaired) electrons. The summed E-state index contributed by atoms with van der Waals surface area (Å²) in [4.78, 5) is 12.7. The van der Waals surface area contributed by atoms with E-state index in [0.717, 1.165) is 12.1 Å². The number of rotatable bonds is 6. The third-order valence-corrected chi connectivity index (χ3v) is 4.01. The first kappa shape index (κ1) is 17.3. The van der Waals surface area contributed by atoms with Crippen LogP contribution in [0, 0.1) is 5.92 Å². The average molecular weight is 358 g/mol. The highest BCUT2D eigenvalue weighted by atomic mass is 35.5. The number of carbonyl (C=O) groups excluding carboxylic acids is 1. The highest BCUT2D eigenvalue weighted by Gasteiger charge is 2.18. The zero-order valence-electron chi connectivity index (χ0n) is 14.2. The predicted molar refractivity (Wildman–Crippen MR) is 98.1 cm³/mol. The summed E-state index contributed by atoms with van der Waals surface area (Å²) in [6, 6.07) is 12.6. The van der Waals surface area contributed by atoms with E-state index in [1.54, 1.807) is 35.2 Å². The first-order valence-corrected chi connectivity index (χ1v) is 8.60. The molecule has 0 aliphatic heterocycles. The molecule has 6 heteroatoms. The summed E-state index contributed by atoms with van der Waals surface area (Å²) in [6.45, 7) is 4.86. The van der Waals surface area contributed by atoms with Gasteiger partial charge in [-0.1, -0.05) is 31.5 Å². The zero-order valence-corrected chi connectivity index (χ0v) is 15.0. The first-order valence-electron chi connectivity index (χ1n) is 8.22. The molecule has 1 amide bonds. The fourth-order valence-corrected chi connectivity index (χ4v) is 2.64. The maximum Gasteiger partial charge on any atom is 0.270 e. The molecule has 0 saturated carbocycles. The van der Waals surface area contributed by atoms with Crippen molar-refractivity contribution >= 4 is 17.5 Å². The maximum absolute atomic E-state index is 12.7. The van der Waals surface area contributed by atoms with Crippen LogP contribution in [0.5, 0.6) is 0 Å². The van der Waals surface area contributed by atoms with Gasteiger partial charge in [-0.05, 0) is 42.7 Å². The predicted octanol–water partition coefficient (Wildman–Crippen LogP) is 4.56. The number of benzene rings is 1. The van der Waals surface area contributed by atoms with Gasteiger partial charge in [0.2, 0.25) is 0 Å². The Labute approximate surface area is 151 Å². The molecule has 0 saturated heterocycles. The summed E-state index contributed by atoms with van der Waals surface area (Å²) in [5.74, 6) is 0.958. The van der Waals surface area contributed by atoms with Gasteiger partial charge in [-0.25, -0.2) is 4.68 Å². The van der Waals surface area contributed by atoms with Crippen LogP contribution in [-0.4, -0.2) is 22.2 Å². The monoisotopic (exact) mass is 357 g/mol. The van der Waals surface area contributed by atoms with Gasteiger partial charge in [0.15, 0.2) is 5.76 Å². The summed E-state index contributed by atoms with van der Waals surface area (Å²) in [5, 5.41) is 8.06. The Kier molecular flexibility index (Phi) is 5.24. The number of nitrogens with one attached hydrogen (secondary N) is 1. The minimum Gasteiger partial charge on any atom is -0.463 e. The normalized spacial score (nSPS) is 11.0. The van der Waals surface area contributed by atoms with Gasteiger partial charge in [-0.3, -0.25) is 4.79 Å². The molecule has 3 aromatic rings. The smallest absolute Gasteiger partial charge is 0.270 e. The van der Waals surface area contributed by atoms with Crippen molar-refractivity contribution in [2.45, 2.75) is 20.3 Å². The van der Waals surface area contributed by atoms with E-state index in [9.17, 15) is 4.79 Å². The second-order valence-corrected chi connectivity index (χ2v) is 6.66. The maximum atomic E-state index is 12.7. The van der Waals surface area contributed by atoms with Gasteiger partial charge in [-0.15, -0.1) is 0 Å². The fraction of sp³-hybridized carbons (Fsp3) is 0.263. The second kappa shape index (κ2) is 7.57. The molecule has 1 N–H and O–H groups in total. The lowest BCUT2D eigenvalue weighted by atomic mass is 10.1. The third-order valence-electron chi connectivity index (χ3n) is 3.78. The molecular formula is C19H20ClN3O2. The van der Waals surface area contributed by atoms with Crippen LogP contribution < -0.4 is 5.32 Å². The van der Waals surface area contributed by atoms with E-state index in [1.807, 2.05) is 18.2 Å². The van der Waals surface area contributed by atoms with E-state index >= 15 is 0 Å². The molecule has 130 valence electrons. The number of hydrogen-bond donors (Lipinski definition) is 1. The minimum absolute atomic E-state index is 0.175. The van der Waals surface area contributed by atoms with Gasteiger partial charge in [0.05, 0.1) is 12.0 Å².